The Balaban J connectivity index is 1.10. The molecule has 3 N–H and O–H groups in total. The number of aromatic nitrogens is 5. The van der Waals surface area contributed by atoms with Crippen molar-refractivity contribution in [2.45, 2.75) is 90.0 Å². The van der Waals surface area contributed by atoms with Crippen molar-refractivity contribution in [3.05, 3.63) is 95.1 Å². The van der Waals surface area contributed by atoms with Crippen LogP contribution in [0.5, 0.6) is 5.75 Å². The number of piperidine rings is 1. The lowest BCUT2D eigenvalue weighted by atomic mass is 9.85. The fourth-order valence-corrected chi connectivity index (χ4v) is 6.90. The van der Waals surface area contributed by atoms with Gasteiger partial charge in [0.25, 0.3) is 0 Å². The quantitative estimate of drug-likeness (QED) is 0.171. The van der Waals surface area contributed by atoms with Crippen molar-refractivity contribution in [3.63, 3.8) is 0 Å². The number of anilines is 2. The smallest absolute Gasteiger partial charge is 0.320 e. The minimum absolute atomic E-state index is 0.201. The second-order valence-corrected chi connectivity index (χ2v) is 14.1. The van der Waals surface area contributed by atoms with Crippen LogP contribution < -0.4 is 20.3 Å². The molecule has 2 aliphatic rings. The summed E-state index contributed by atoms with van der Waals surface area (Å²) < 4.78 is 24.6. The Bertz CT molecular complexity index is 1980. The largest absolute Gasteiger partial charge is 0.484 e. The van der Waals surface area contributed by atoms with E-state index in [0.717, 1.165) is 53.6 Å². The zero-order valence-corrected chi connectivity index (χ0v) is 28.4. The Labute approximate surface area is 285 Å². The van der Waals surface area contributed by atoms with E-state index >= 15 is 0 Å². The van der Waals surface area contributed by atoms with Crippen molar-refractivity contribution < 1.29 is 19.0 Å². The monoisotopic (exact) mass is 666 g/mol. The second kappa shape index (κ2) is 13.1. The molecule has 5 aromatic rings. The maximum Gasteiger partial charge on any atom is 0.320 e. The first-order valence-electron chi connectivity index (χ1n) is 17.0. The first-order valence-corrected chi connectivity index (χ1v) is 17.0. The summed E-state index contributed by atoms with van der Waals surface area (Å²) in [5.41, 5.74) is 4.00. The lowest BCUT2D eigenvalue weighted by Crippen LogP contribution is -2.38. The third kappa shape index (κ3) is 6.69. The van der Waals surface area contributed by atoms with Crippen molar-refractivity contribution in [1.29, 1.82) is 0 Å². The number of hydrogen-bond acceptors (Lipinski definition) is 7. The van der Waals surface area contributed by atoms with Gasteiger partial charge < -0.3 is 20.1 Å². The summed E-state index contributed by atoms with van der Waals surface area (Å²) in [6.45, 7) is 8.93. The minimum Gasteiger partial charge on any atom is -0.484 e. The Hall–Kier alpha value is -4.97. The molecule has 0 radical (unpaired) electrons. The van der Waals surface area contributed by atoms with Crippen molar-refractivity contribution >= 4 is 23.4 Å². The molecule has 256 valence electrons. The van der Waals surface area contributed by atoms with E-state index in [2.05, 4.69) is 38.7 Å². The van der Waals surface area contributed by atoms with Crippen LogP contribution in [0.1, 0.15) is 94.3 Å². The molecule has 3 atom stereocenters. The van der Waals surface area contributed by atoms with E-state index in [1.165, 1.54) is 23.2 Å². The van der Waals surface area contributed by atoms with E-state index < -0.39 is 11.8 Å². The van der Waals surface area contributed by atoms with Crippen molar-refractivity contribution in [3.8, 4) is 11.4 Å². The van der Waals surface area contributed by atoms with Crippen LogP contribution in [0, 0.1) is 5.82 Å². The van der Waals surface area contributed by atoms with E-state index in [-0.39, 0.29) is 24.2 Å². The molecular weight excluding hydrogens is 623 g/mol. The molecule has 1 aliphatic heterocycles. The van der Waals surface area contributed by atoms with Gasteiger partial charge in [0.05, 0.1) is 30.2 Å². The number of carbonyl (C=O) groups excluding carboxylic acids is 1. The molecule has 7 rings (SSSR count). The van der Waals surface area contributed by atoms with Crippen LogP contribution in [0.15, 0.2) is 66.9 Å². The highest BCUT2D eigenvalue weighted by molar-refractivity contribution is 5.89. The molecule has 2 aromatic carbocycles. The number of pyridine rings is 1. The molecule has 2 amide bonds. The molecule has 12 heteroatoms. The Morgan fingerprint density at radius 2 is 1.84 bits per heavy atom. The van der Waals surface area contributed by atoms with E-state index in [1.54, 1.807) is 12.1 Å². The zero-order chi connectivity index (χ0) is 34.3. The number of aliphatic hydroxyl groups is 1. The molecular formula is C37H43FN8O3. The summed E-state index contributed by atoms with van der Waals surface area (Å²) in [4.78, 5) is 15.9. The number of hydrogen-bond donors (Lipinski definition) is 3. The molecule has 1 fully saturated rings. The lowest BCUT2D eigenvalue weighted by Gasteiger charge is -2.33. The molecule has 0 bridgehead atoms. The van der Waals surface area contributed by atoms with Gasteiger partial charge in [0, 0.05) is 24.1 Å². The number of carbonyl (C=O) groups is 1. The number of nitrogens with zero attached hydrogens (tertiary/aromatic N) is 6. The maximum atomic E-state index is 14.4. The maximum absolute atomic E-state index is 14.4. The van der Waals surface area contributed by atoms with E-state index in [9.17, 15) is 14.3 Å². The van der Waals surface area contributed by atoms with Gasteiger partial charge in [-0.25, -0.2) is 13.9 Å². The van der Waals surface area contributed by atoms with Crippen LogP contribution >= 0.6 is 0 Å². The normalized spacial score (nSPS) is 19.5. The van der Waals surface area contributed by atoms with E-state index in [1.807, 2.05) is 61.7 Å². The molecule has 4 heterocycles. The van der Waals surface area contributed by atoms with Gasteiger partial charge >= 0.3 is 6.03 Å². The Morgan fingerprint density at radius 3 is 2.61 bits per heavy atom. The van der Waals surface area contributed by atoms with Crippen LogP contribution in [0.3, 0.4) is 0 Å². The number of benzene rings is 2. The van der Waals surface area contributed by atoms with Gasteiger partial charge in [-0.3, -0.25) is 9.72 Å². The highest BCUT2D eigenvalue weighted by Gasteiger charge is 2.31. The first-order chi connectivity index (χ1) is 23.6. The summed E-state index contributed by atoms with van der Waals surface area (Å²) in [6.07, 6.45) is 6.63. The average Bonchev–Trinajstić information content (AvgIpc) is 3.70. The minimum atomic E-state index is -0.501. The van der Waals surface area contributed by atoms with Gasteiger partial charge in [-0.2, -0.15) is 5.10 Å². The highest BCUT2D eigenvalue weighted by atomic mass is 19.1. The van der Waals surface area contributed by atoms with Crippen LogP contribution in [0.4, 0.5) is 21.0 Å². The van der Waals surface area contributed by atoms with Crippen molar-refractivity contribution in [1.82, 2.24) is 29.7 Å². The predicted molar refractivity (Wildman–Crippen MR) is 186 cm³/mol. The Kier molecular flexibility index (Phi) is 8.74. The number of ether oxygens (including phenoxy) is 1. The van der Waals surface area contributed by atoms with E-state index in [4.69, 9.17) is 9.84 Å². The third-order valence-corrected chi connectivity index (χ3v) is 9.53. The summed E-state index contributed by atoms with van der Waals surface area (Å²) in [5, 5.41) is 29.4. The number of rotatable bonds is 7. The van der Waals surface area contributed by atoms with E-state index in [0.29, 0.717) is 36.0 Å². The topological polar surface area (TPSA) is 122 Å². The molecule has 0 saturated carbocycles. The number of halogens is 1. The molecule has 3 aromatic heterocycles. The van der Waals surface area contributed by atoms with Crippen LogP contribution in [-0.2, 0) is 12.0 Å². The van der Waals surface area contributed by atoms with Gasteiger partial charge in [0.15, 0.2) is 5.65 Å². The van der Waals surface area contributed by atoms with Gasteiger partial charge in [-0.05, 0) is 86.1 Å². The van der Waals surface area contributed by atoms with Gasteiger partial charge in [0.2, 0.25) is 5.95 Å². The molecule has 1 unspecified atom stereocenters. The number of fused-ring (bicyclic) bond motifs is 2. The molecule has 1 saturated heterocycles. The predicted octanol–water partition coefficient (Wildman–Crippen LogP) is 7.00. The number of nitrogens with one attached hydrogen (secondary N) is 2. The summed E-state index contributed by atoms with van der Waals surface area (Å²) in [6, 6.07) is 17.7. The fraction of sp³-hybridized carbons (Fsp3) is 0.405. The molecule has 0 spiro atoms. The number of urea groups is 1. The summed E-state index contributed by atoms with van der Waals surface area (Å²) in [7, 11) is 0. The van der Waals surface area contributed by atoms with Crippen LogP contribution in [-0.4, -0.2) is 48.1 Å². The zero-order valence-electron chi connectivity index (χ0n) is 28.4. The molecule has 1 aliphatic carbocycles. The molecule has 49 heavy (non-hydrogen) atoms. The van der Waals surface area contributed by atoms with Gasteiger partial charge in [0.1, 0.15) is 23.5 Å². The lowest BCUT2D eigenvalue weighted by molar-refractivity contribution is 0.171. The average molecular weight is 667 g/mol. The van der Waals surface area contributed by atoms with Crippen molar-refractivity contribution in [2.24, 2.45) is 0 Å². The fourth-order valence-electron chi connectivity index (χ4n) is 6.90. The second-order valence-electron chi connectivity index (χ2n) is 14.1. The van der Waals surface area contributed by atoms with Gasteiger partial charge in [-0.1, -0.05) is 45.0 Å². The first kappa shape index (κ1) is 32.6. The van der Waals surface area contributed by atoms with Crippen molar-refractivity contribution in [2.75, 3.05) is 16.8 Å². The van der Waals surface area contributed by atoms with Crippen LogP contribution in [0.25, 0.3) is 11.3 Å². The standard InChI is InChI=1S/C37H43FN8O3/c1-23-9-7-8-16-44(23)36-42-41-33-15-12-27(21-45(33)36)49-31-14-13-30(28-10-5-6-11-29(28)31)39-35(48)40-34-20-32(37(2,3)4)43-46(34)26-18-24(22-47)17-25(38)19-26/h5-6,10-12,15,17-21,23,30-31,47H,7-9,13-14,16,22H2,1-4H3,(H2,39,40,48)/t23-,30?,31+/m0/s1. The summed E-state index contributed by atoms with van der Waals surface area (Å²) in [5.74, 6) is 1.46. The Morgan fingerprint density at radius 1 is 1.02 bits per heavy atom. The highest BCUT2D eigenvalue weighted by Crippen LogP contribution is 2.39. The number of aliphatic hydroxyl groups excluding tert-OH is 1. The summed E-state index contributed by atoms with van der Waals surface area (Å²) >= 11 is 0. The third-order valence-electron chi connectivity index (χ3n) is 9.53. The van der Waals surface area contributed by atoms with Gasteiger partial charge in [-0.15, -0.1) is 10.2 Å². The molecule has 11 nitrogen and oxygen atoms in total. The number of amides is 2. The SMILES string of the molecule is C[C@H]1CCCCN1c1nnc2ccc(O[C@@H]3CCC(NC(=O)Nc4cc(C(C)(C)C)nn4-c4cc(F)cc(CO)c4)c4ccccc43)cn12. The van der Waals surface area contributed by atoms with Crippen LogP contribution in [0.2, 0.25) is 0 Å².